The van der Waals surface area contributed by atoms with Gasteiger partial charge in [-0.15, -0.1) is 0 Å². The van der Waals surface area contributed by atoms with Crippen molar-refractivity contribution in [2.24, 2.45) is 0 Å². The zero-order valence-electron chi connectivity index (χ0n) is 9.63. The van der Waals surface area contributed by atoms with Crippen LogP contribution >= 0.6 is 11.6 Å². The molecular weight excluding hydrogens is 234 g/mol. The molecular formula is C13H14ClN3. The average Bonchev–Trinajstić information content (AvgIpc) is 2.59. The van der Waals surface area contributed by atoms with Gasteiger partial charge in [-0.3, -0.25) is 0 Å². The minimum Gasteiger partial charge on any atom is -0.345 e. The monoisotopic (exact) mass is 247 g/mol. The third kappa shape index (κ3) is 1.96. The molecule has 0 aliphatic carbocycles. The number of aromatic nitrogens is 2. The maximum atomic E-state index is 5.89. The highest BCUT2D eigenvalue weighted by Crippen LogP contribution is 2.26. The Kier molecular flexibility index (Phi) is 2.65. The van der Waals surface area contributed by atoms with E-state index in [0.717, 1.165) is 40.9 Å². The van der Waals surface area contributed by atoms with Gasteiger partial charge < -0.3 is 10.3 Å². The van der Waals surface area contributed by atoms with Crippen molar-refractivity contribution in [2.75, 3.05) is 13.1 Å². The van der Waals surface area contributed by atoms with E-state index in [1.807, 2.05) is 24.3 Å². The summed E-state index contributed by atoms with van der Waals surface area (Å²) in [5.74, 6) is 1.63. The fraction of sp³-hybridized carbons (Fsp3) is 0.308. The van der Waals surface area contributed by atoms with Gasteiger partial charge in [0.1, 0.15) is 5.82 Å². The van der Waals surface area contributed by atoms with Crippen LogP contribution in [0.4, 0.5) is 0 Å². The molecule has 1 saturated heterocycles. The standard InChI is InChI=1S/C13H14ClN3/c1-8-12(9-2-4-11(14)5-3-9)17-13(16-8)10-6-15-7-10/h2-5,10,15H,6-7H2,1H3,(H,16,17). The van der Waals surface area contributed by atoms with Gasteiger partial charge in [0.05, 0.1) is 5.69 Å². The summed E-state index contributed by atoms with van der Waals surface area (Å²) < 4.78 is 0. The van der Waals surface area contributed by atoms with Crippen LogP contribution in [0.1, 0.15) is 17.4 Å². The van der Waals surface area contributed by atoms with Crippen LogP contribution in [-0.4, -0.2) is 23.1 Å². The minimum atomic E-state index is 0.537. The fourth-order valence-electron chi connectivity index (χ4n) is 2.05. The second-order valence-corrected chi connectivity index (χ2v) is 4.89. The van der Waals surface area contributed by atoms with Crippen LogP contribution in [0.2, 0.25) is 5.02 Å². The van der Waals surface area contributed by atoms with Gasteiger partial charge in [-0.25, -0.2) is 4.98 Å². The summed E-state index contributed by atoms with van der Waals surface area (Å²) in [6.07, 6.45) is 0. The molecule has 4 heteroatoms. The molecule has 1 fully saturated rings. The summed E-state index contributed by atoms with van der Waals surface area (Å²) >= 11 is 5.89. The molecule has 0 radical (unpaired) electrons. The van der Waals surface area contributed by atoms with E-state index in [4.69, 9.17) is 16.6 Å². The lowest BCUT2D eigenvalue weighted by atomic mass is 10.0. The summed E-state index contributed by atoms with van der Waals surface area (Å²) in [5, 5.41) is 4.01. The summed E-state index contributed by atoms with van der Waals surface area (Å²) in [5.41, 5.74) is 3.26. The molecule has 3 nitrogen and oxygen atoms in total. The Labute approximate surface area is 105 Å². The van der Waals surface area contributed by atoms with Crippen molar-refractivity contribution < 1.29 is 0 Å². The fourth-order valence-corrected chi connectivity index (χ4v) is 2.17. The summed E-state index contributed by atoms with van der Waals surface area (Å²) in [4.78, 5) is 8.07. The molecule has 0 atom stereocenters. The van der Waals surface area contributed by atoms with Crippen molar-refractivity contribution in [2.45, 2.75) is 12.8 Å². The number of hydrogen-bond donors (Lipinski definition) is 2. The topological polar surface area (TPSA) is 40.7 Å². The van der Waals surface area contributed by atoms with Crippen LogP contribution < -0.4 is 5.32 Å². The quantitative estimate of drug-likeness (QED) is 0.857. The van der Waals surface area contributed by atoms with Crippen LogP contribution in [0.3, 0.4) is 0 Å². The van der Waals surface area contributed by atoms with Crippen LogP contribution in [0, 0.1) is 6.92 Å². The zero-order valence-corrected chi connectivity index (χ0v) is 10.4. The van der Waals surface area contributed by atoms with Crippen molar-refractivity contribution in [1.82, 2.24) is 15.3 Å². The number of aryl methyl sites for hydroxylation is 1. The molecule has 88 valence electrons. The molecule has 1 aliphatic heterocycles. The van der Waals surface area contributed by atoms with Gasteiger partial charge in [0.2, 0.25) is 0 Å². The van der Waals surface area contributed by atoms with Gasteiger partial charge in [0.15, 0.2) is 0 Å². The molecule has 1 aromatic heterocycles. The van der Waals surface area contributed by atoms with Crippen LogP contribution in [0.25, 0.3) is 11.3 Å². The smallest absolute Gasteiger partial charge is 0.112 e. The highest BCUT2D eigenvalue weighted by molar-refractivity contribution is 6.30. The molecule has 2 heterocycles. The first-order valence-electron chi connectivity index (χ1n) is 5.77. The predicted octanol–water partition coefficient (Wildman–Crippen LogP) is 2.73. The lowest BCUT2D eigenvalue weighted by molar-refractivity contribution is 0.432. The Morgan fingerprint density at radius 3 is 2.53 bits per heavy atom. The summed E-state index contributed by atoms with van der Waals surface area (Å²) in [6.45, 7) is 4.10. The molecule has 3 rings (SSSR count). The van der Waals surface area contributed by atoms with Gasteiger partial charge in [-0.05, 0) is 19.1 Å². The second-order valence-electron chi connectivity index (χ2n) is 4.46. The molecule has 0 amide bonds. The Bertz CT molecular complexity index is 526. The molecule has 0 spiro atoms. The first-order valence-corrected chi connectivity index (χ1v) is 6.15. The lowest BCUT2D eigenvalue weighted by Crippen LogP contribution is -2.40. The molecule has 17 heavy (non-hydrogen) atoms. The molecule has 1 aromatic carbocycles. The van der Waals surface area contributed by atoms with E-state index in [1.54, 1.807) is 0 Å². The average molecular weight is 248 g/mol. The molecule has 2 N–H and O–H groups in total. The third-order valence-corrected chi connectivity index (χ3v) is 3.44. The number of nitrogens with one attached hydrogen (secondary N) is 2. The second kappa shape index (κ2) is 4.17. The summed E-state index contributed by atoms with van der Waals surface area (Å²) in [7, 11) is 0. The minimum absolute atomic E-state index is 0.537. The van der Waals surface area contributed by atoms with E-state index < -0.39 is 0 Å². The SMILES string of the molecule is Cc1[nH]c(C2CNC2)nc1-c1ccc(Cl)cc1. The molecule has 0 saturated carbocycles. The predicted molar refractivity (Wildman–Crippen MR) is 69.4 cm³/mol. The van der Waals surface area contributed by atoms with E-state index in [9.17, 15) is 0 Å². The summed E-state index contributed by atoms with van der Waals surface area (Å²) in [6, 6.07) is 7.81. The number of nitrogens with zero attached hydrogens (tertiary/aromatic N) is 1. The van der Waals surface area contributed by atoms with E-state index >= 15 is 0 Å². The van der Waals surface area contributed by atoms with Gasteiger partial charge in [-0.2, -0.15) is 0 Å². The number of imidazole rings is 1. The Morgan fingerprint density at radius 2 is 1.94 bits per heavy atom. The zero-order chi connectivity index (χ0) is 11.8. The van der Waals surface area contributed by atoms with Crippen LogP contribution in [0.15, 0.2) is 24.3 Å². The van der Waals surface area contributed by atoms with Gasteiger partial charge in [0.25, 0.3) is 0 Å². The molecule has 0 unspecified atom stereocenters. The molecule has 0 bridgehead atoms. The number of rotatable bonds is 2. The van der Waals surface area contributed by atoms with Crippen molar-refractivity contribution in [3.63, 3.8) is 0 Å². The normalized spacial score (nSPS) is 15.9. The van der Waals surface area contributed by atoms with E-state index in [0.29, 0.717) is 5.92 Å². The number of benzene rings is 1. The Balaban J connectivity index is 1.96. The van der Waals surface area contributed by atoms with Crippen molar-refractivity contribution in [3.8, 4) is 11.3 Å². The molecule has 1 aliphatic rings. The van der Waals surface area contributed by atoms with Gasteiger partial charge >= 0.3 is 0 Å². The first-order chi connectivity index (χ1) is 8.24. The maximum Gasteiger partial charge on any atom is 0.112 e. The van der Waals surface area contributed by atoms with E-state index in [1.165, 1.54) is 0 Å². The van der Waals surface area contributed by atoms with Crippen molar-refractivity contribution >= 4 is 11.6 Å². The largest absolute Gasteiger partial charge is 0.345 e. The lowest BCUT2D eigenvalue weighted by Gasteiger charge is -2.24. The van der Waals surface area contributed by atoms with Crippen LogP contribution in [-0.2, 0) is 0 Å². The van der Waals surface area contributed by atoms with E-state index in [2.05, 4.69) is 17.2 Å². The number of H-pyrrole nitrogens is 1. The van der Waals surface area contributed by atoms with Gasteiger partial charge in [-0.1, -0.05) is 23.7 Å². The van der Waals surface area contributed by atoms with Crippen molar-refractivity contribution in [1.29, 1.82) is 0 Å². The van der Waals surface area contributed by atoms with Crippen LogP contribution in [0.5, 0.6) is 0 Å². The van der Waals surface area contributed by atoms with E-state index in [-0.39, 0.29) is 0 Å². The van der Waals surface area contributed by atoms with Gasteiger partial charge in [0, 0.05) is 35.3 Å². The number of hydrogen-bond acceptors (Lipinski definition) is 2. The van der Waals surface area contributed by atoms with Crippen molar-refractivity contribution in [3.05, 3.63) is 40.8 Å². The number of halogens is 1. The highest BCUT2D eigenvalue weighted by Gasteiger charge is 2.23. The third-order valence-electron chi connectivity index (χ3n) is 3.19. The number of aromatic amines is 1. The maximum absolute atomic E-state index is 5.89. The molecule has 2 aromatic rings. The first kappa shape index (κ1) is 10.8. The highest BCUT2D eigenvalue weighted by atomic mass is 35.5. The Hall–Kier alpha value is -1.32. The Morgan fingerprint density at radius 1 is 1.24 bits per heavy atom.